The maximum Gasteiger partial charge on any atom is 0.291 e. The van der Waals surface area contributed by atoms with Gasteiger partial charge in [-0.25, -0.2) is 4.98 Å². The lowest BCUT2D eigenvalue weighted by atomic mass is 10.4. The van der Waals surface area contributed by atoms with Crippen LogP contribution in [0.2, 0.25) is 0 Å². The average Bonchev–Trinajstić information content (AvgIpc) is 3.06. The van der Waals surface area contributed by atoms with E-state index in [9.17, 15) is 9.59 Å². The quantitative estimate of drug-likeness (QED) is 0.533. The molecule has 0 unspecified atom stereocenters. The van der Waals surface area contributed by atoms with Crippen LogP contribution in [-0.2, 0) is 9.53 Å². The van der Waals surface area contributed by atoms with E-state index in [0.717, 1.165) is 18.7 Å². The van der Waals surface area contributed by atoms with Crippen molar-refractivity contribution < 1.29 is 14.3 Å². The Balaban J connectivity index is 1.68. The highest BCUT2D eigenvalue weighted by Crippen LogP contribution is 2.37. The molecule has 8 heteroatoms. The van der Waals surface area contributed by atoms with Crippen LogP contribution in [0.5, 0.6) is 0 Å². The molecule has 1 aromatic rings. The predicted molar refractivity (Wildman–Crippen MR) is 60.7 cm³/mol. The summed E-state index contributed by atoms with van der Waals surface area (Å²) in [6.45, 7) is 0.344. The van der Waals surface area contributed by atoms with E-state index in [1.807, 2.05) is 0 Å². The van der Waals surface area contributed by atoms with Crippen LogP contribution in [0.25, 0.3) is 0 Å². The van der Waals surface area contributed by atoms with Gasteiger partial charge in [-0.3, -0.25) is 14.7 Å². The SMILES string of the molecule is NC(=O)COCCNC(=O)c1n[nH]c(C2CC2)n1. The molecule has 0 spiro atoms. The minimum absolute atomic E-state index is 0.131. The van der Waals surface area contributed by atoms with E-state index in [1.54, 1.807) is 0 Å². The molecule has 0 bridgehead atoms. The highest BCUT2D eigenvalue weighted by molar-refractivity contribution is 5.90. The first-order valence-corrected chi connectivity index (χ1v) is 5.73. The number of aromatic amines is 1. The summed E-state index contributed by atoms with van der Waals surface area (Å²) in [7, 11) is 0. The molecule has 18 heavy (non-hydrogen) atoms. The molecular weight excluding hydrogens is 238 g/mol. The van der Waals surface area contributed by atoms with Gasteiger partial charge in [0.1, 0.15) is 12.4 Å². The number of nitrogens with one attached hydrogen (secondary N) is 2. The predicted octanol–water partition coefficient (Wildman–Crippen LogP) is -1.09. The van der Waals surface area contributed by atoms with E-state index in [4.69, 9.17) is 10.5 Å². The third-order valence-corrected chi connectivity index (χ3v) is 2.45. The maximum absolute atomic E-state index is 11.6. The molecule has 2 amide bonds. The Morgan fingerprint density at radius 1 is 1.50 bits per heavy atom. The molecule has 98 valence electrons. The zero-order valence-corrected chi connectivity index (χ0v) is 9.81. The molecule has 0 saturated heterocycles. The standard InChI is InChI=1S/C10H15N5O3/c11-7(16)5-18-4-3-12-10(17)9-13-8(14-15-9)6-1-2-6/h6H,1-5H2,(H2,11,16)(H,12,17)(H,13,14,15). The van der Waals surface area contributed by atoms with Crippen molar-refractivity contribution in [2.75, 3.05) is 19.8 Å². The topological polar surface area (TPSA) is 123 Å². The van der Waals surface area contributed by atoms with Crippen LogP contribution in [-0.4, -0.2) is 46.8 Å². The van der Waals surface area contributed by atoms with Crippen LogP contribution in [0, 0.1) is 0 Å². The Labute approximate surface area is 103 Å². The zero-order valence-electron chi connectivity index (χ0n) is 9.81. The Morgan fingerprint density at radius 3 is 2.94 bits per heavy atom. The van der Waals surface area contributed by atoms with Crippen molar-refractivity contribution >= 4 is 11.8 Å². The molecule has 0 aromatic carbocycles. The number of nitrogens with zero attached hydrogens (tertiary/aromatic N) is 2. The molecular formula is C10H15N5O3. The number of hydrogen-bond acceptors (Lipinski definition) is 5. The number of aromatic nitrogens is 3. The van der Waals surface area contributed by atoms with Gasteiger partial charge in [-0.05, 0) is 12.8 Å². The highest BCUT2D eigenvalue weighted by Gasteiger charge is 2.28. The number of amides is 2. The third kappa shape index (κ3) is 3.52. The second-order valence-corrected chi connectivity index (χ2v) is 4.09. The molecule has 1 saturated carbocycles. The molecule has 4 N–H and O–H groups in total. The van der Waals surface area contributed by atoms with Gasteiger partial charge >= 0.3 is 0 Å². The molecule has 0 atom stereocenters. The number of ether oxygens (including phenoxy) is 1. The molecule has 1 fully saturated rings. The van der Waals surface area contributed by atoms with Gasteiger partial charge in [0.25, 0.3) is 5.91 Å². The van der Waals surface area contributed by atoms with Crippen LogP contribution in [0.1, 0.15) is 35.2 Å². The van der Waals surface area contributed by atoms with Crippen molar-refractivity contribution in [2.24, 2.45) is 5.73 Å². The molecule has 1 aliphatic rings. The fraction of sp³-hybridized carbons (Fsp3) is 0.600. The van der Waals surface area contributed by atoms with Crippen LogP contribution in [0.15, 0.2) is 0 Å². The lowest BCUT2D eigenvalue weighted by Gasteiger charge is -2.02. The first kappa shape index (κ1) is 12.5. The fourth-order valence-corrected chi connectivity index (χ4v) is 1.40. The van der Waals surface area contributed by atoms with Crippen molar-refractivity contribution in [3.63, 3.8) is 0 Å². The smallest absolute Gasteiger partial charge is 0.291 e. The van der Waals surface area contributed by atoms with Gasteiger partial charge in [-0.2, -0.15) is 0 Å². The van der Waals surface area contributed by atoms with Crippen LogP contribution in [0.4, 0.5) is 0 Å². The van der Waals surface area contributed by atoms with Crippen LogP contribution < -0.4 is 11.1 Å². The molecule has 1 heterocycles. The van der Waals surface area contributed by atoms with Crippen LogP contribution >= 0.6 is 0 Å². The molecule has 1 aromatic heterocycles. The van der Waals surface area contributed by atoms with E-state index < -0.39 is 5.91 Å². The highest BCUT2D eigenvalue weighted by atomic mass is 16.5. The summed E-state index contributed by atoms with van der Waals surface area (Å²) in [5, 5.41) is 9.18. The largest absolute Gasteiger partial charge is 0.370 e. The second kappa shape index (κ2) is 5.58. The van der Waals surface area contributed by atoms with E-state index in [1.165, 1.54) is 0 Å². The summed E-state index contributed by atoms with van der Waals surface area (Å²) in [5.74, 6) is 0.431. The van der Waals surface area contributed by atoms with Crippen molar-refractivity contribution in [3.8, 4) is 0 Å². The number of carbonyl (C=O) groups excluding carboxylic acids is 2. The number of primary amides is 1. The summed E-state index contributed by atoms with van der Waals surface area (Å²) in [4.78, 5) is 26.1. The average molecular weight is 253 g/mol. The van der Waals surface area contributed by atoms with E-state index in [-0.39, 0.29) is 31.5 Å². The lowest BCUT2D eigenvalue weighted by Crippen LogP contribution is -2.29. The van der Waals surface area contributed by atoms with E-state index in [2.05, 4.69) is 20.5 Å². The Bertz CT molecular complexity index is 440. The van der Waals surface area contributed by atoms with Crippen LogP contribution in [0.3, 0.4) is 0 Å². The van der Waals surface area contributed by atoms with Gasteiger partial charge in [0, 0.05) is 12.5 Å². The number of H-pyrrole nitrogens is 1. The third-order valence-electron chi connectivity index (χ3n) is 2.45. The van der Waals surface area contributed by atoms with Crippen molar-refractivity contribution in [3.05, 3.63) is 11.6 Å². The summed E-state index contributed by atoms with van der Waals surface area (Å²) >= 11 is 0. The van der Waals surface area contributed by atoms with Crippen molar-refractivity contribution in [1.82, 2.24) is 20.5 Å². The Morgan fingerprint density at radius 2 is 2.28 bits per heavy atom. The number of rotatable bonds is 7. The summed E-state index contributed by atoms with van der Waals surface area (Å²) in [5.41, 5.74) is 4.89. The number of hydrogen-bond donors (Lipinski definition) is 3. The van der Waals surface area contributed by atoms with Gasteiger partial charge in [0.15, 0.2) is 0 Å². The first-order valence-electron chi connectivity index (χ1n) is 5.73. The zero-order chi connectivity index (χ0) is 13.0. The van der Waals surface area contributed by atoms with Gasteiger partial charge in [-0.15, -0.1) is 5.10 Å². The monoisotopic (exact) mass is 253 g/mol. The maximum atomic E-state index is 11.6. The van der Waals surface area contributed by atoms with Gasteiger partial charge in [0.05, 0.1) is 6.61 Å². The van der Waals surface area contributed by atoms with Gasteiger partial charge in [-0.1, -0.05) is 0 Å². The number of carbonyl (C=O) groups is 2. The molecule has 2 rings (SSSR count). The van der Waals surface area contributed by atoms with E-state index >= 15 is 0 Å². The second-order valence-electron chi connectivity index (χ2n) is 4.09. The normalized spacial score (nSPS) is 14.4. The van der Waals surface area contributed by atoms with Gasteiger partial charge < -0.3 is 15.8 Å². The fourth-order valence-electron chi connectivity index (χ4n) is 1.40. The lowest BCUT2D eigenvalue weighted by molar-refractivity contribution is -0.122. The van der Waals surface area contributed by atoms with Crippen molar-refractivity contribution in [2.45, 2.75) is 18.8 Å². The van der Waals surface area contributed by atoms with E-state index in [0.29, 0.717) is 5.92 Å². The Hall–Kier alpha value is -1.96. The number of nitrogens with two attached hydrogens (primary N) is 1. The minimum atomic E-state index is -0.538. The van der Waals surface area contributed by atoms with Crippen molar-refractivity contribution in [1.29, 1.82) is 0 Å². The summed E-state index contributed by atoms with van der Waals surface area (Å²) < 4.78 is 4.90. The Kier molecular flexibility index (Phi) is 3.88. The summed E-state index contributed by atoms with van der Waals surface area (Å²) in [6, 6.07) is 0. The molecule has 0 aliphatic heterocycles. The molecule has 0 radical (unpaired) electrons. The minimum Gasteiger partial charge on any atom is -0.370 e. The molecule has 8 nitrogen and oxygen atoms in total. The summed E-state index contributed by atoms with van der Waals surface area (Å²) in [6.07, 6.45) is 2.19. The van der Waals surface area contributed by atoms with Gasteiger partial charge in [0.2, 0.25) is 11.7 Å². The molecule has 1 aliphatic carbocycles. The first-order chi connectivity index (χ1) is 8.66.